The number of nitrogens with two attached hydrogens (primary N) is 1. The second-order valence-corrected chi connectivity index (χ2v) is 4.41. The summed E-state index contributed by atoms with van der Waals surface area (Å²) in [6.07, 6.45) is 4.95. The van der Waals surface area contributed by atoms with Crippen LogP contribution in [0.15, 0.2) is 36.7 Å². The molecule has 3 rings (SSSR count). The van der Waals surface area contributed by atoms with Crippen LogP contribution >= 0.6 is 0 Å². The van der Waals surface area contributed by atoms with Crippen LogP contribution in [0.3, 0.4) is 0 Å². The van der Waals surface area contributed by atoms with Crippen LogP contribution in [0.5, 0.6) is 0 Å². The predicted molar refractivity (Wildman–Crippen MR) is 70.2 cm³/mol. The van der Waals surface area contributed by atoms with Crippen LogP contribution in [-0.4, -0.2) is 15.9 Å². The summed E-state index contributed by atoms with van der Waals surface area (Å²) < 4.78 is 2.07. The summed E-state index contributed by atoms with van der Waals surface area (Å²) in [6, 6.07) is 8.58. The number of rotatable bonds is 2. The highest BCUT2D eigenvalue weighted by Gasteiger charge is 2.05. The normalized spacial score (nSPS) is 11.4. The minimum atomic E-state index is 0.640. The van der Waals surface area contributed by atoms with Crippen LogP contribution < -0.4 is 5.73 Å². The molecule has 0 aliphatic carbocycles. The summed E-state index contributed by atoms with van der Waals surface area (Å²) in [5, 5.41) is 2.43. The van der Waals surface area contributed by atoms with E-state index in [9.17, 15) is 0 Å². The second kappa shape index (κ2) is 3.86. The van der Waals surface area contributed by atoms with Crippen molar-refractivity contribution in [1.82, 2.24) is 9.38 Å². The molecule has 0 saturated carbocycles. The SMILES string of the molecule is Cc1ccc2c(ccn3cc(CCN)nc23)c1. The van der Waals surface area contributed by atoms with Crippen LogP contribution in [0.4, 0.5) is 0 Å². The van der Waals surface area contributed by atoms with Gasteiger partial charge in [-0.1, -0.05) is 23.8 Å². The molecule has 0 bridgehead atoms. The third-order valence-electron chi connectivity index (χ3n) is 3.05. The minimum absolute atomic E-state index is 0.640. The van der Waals surface area contributed by atoms with Gasteiger partial charge in [0.1, 0.15) is 5.65 Å². The summed E-state index contributed by atoms with van der Waals surface area (Å²) in [5.41, 5.74) is 8.91. The fourth-order valence-electron chi connectivity index (χ4n) is 2.21. The number of aryl methyl sites for hydroxylation is 1. The van der Waals surface area contributed by atoms with Gasteiger partial charge >= 0.3 is 0 Å². The smallest absolute Gasteiger partial charge is 0.144 e. The molecule has 1 aromatic carbocycles. The topological polar surface area (TPSA) is 43.3 Å². The van der Waals surface area contributed by atoms with E-state index >= 15 is 0 Å². The fraction of sp³-hybridized carbons (Fsp3) is 0.214. The van der Waals surface area contributed by atoms with Crippen molar-refractivity contribution in [3.63, 3.8) is 0 Å². The van der Waals surface area contributed by atoms with Crippen molar-refractivity contribution in [2.24, 2.45) is 5.73 Å². The quantitative estimate of drug-likeness (QED) is 0.727. The van der Waals surface area contributed by atoms with Crippen LogP contribution in [0.25, 0.3) is 16.4 Å². The zero-order valence-corrected chi connectivity index (χ0v) is 9.85. The summed E-state index contributed by atoms with van der Waals surface area (Å²) in [5.74, 6) is 0. The third-order valence-corrected chi connectivity index (χ3v) is 3.05. The standard InChI is InChI=1S/C14H15N3/c1-10-2-3-13-11(8-10)5-7-17-9-12(4-6-15)16-14(13)17/h2-3,5,7-9H,4,6,15H2,1H3. The van der Waals surface area contributed by atoms with E-state index in [0.717, 1.165) is 17.8 Å². The van der Waals surface area contributed by atoms with Crippen molar-refractivity contribution >= 4 is 16.4 Å². The van der Waals surface area contributed by atoms with Crippen LogP contribution in [0.2, 0.25) is 0 Å². The highest BCUT2D eigenvalue weighted by Crippen LogP contribution is 2.20. The van der Waals surface area contributed by atoms with Crippen molar-refractivity contribution in [2.75, 3.05) is 6.54 Å². The Kier molecular flexibility index (Phi) is 2.34. The first-order chi connectivity index (χ1) is 8.28. The van der Waals surface area contributed by atoms with Gasteiger partial charge in [0.15, 0.2) is 0 Å². The maximum absolute atomic E-state index is 5.57. The Morgan fingerprint density at radius 1 is 1.29 bits per heavy atom. The number of hydrogen-bond donors (Lipinski definition) is 1. The molecule has 17 heavy (non-hydrogen) atoms. The maximum Gasteiger partial charge on any atom is 0.144 e. The van der Waals surface area contributed by atoms with Gasteiger partial charge in [-0.25, -0.2) is 4.98 Å². The van der Waals surface area contributed by atoms with Gasteiger partial charge in [0, 0.05) is 24.2 Å². The molecular formula is C14H15N3. The Labute approximate surface area is 99.9 Å². The van der Waals surface area contributed by atoms with Gasteiger partial charge in [-0.3, -0.25) is 0 Å². The molecule has 86 valence electrons. The number of aromatic nitrogens is 2. The maximum atomic E-state index is 5.57. The number of nitrogens with zero attached hydrogens (tertiary/aromatic N) is 2. The van der Waals surface area contributed by atoms with E-state index in [1.165, 1.54) is 16.3 Å². The second-order valence-electron chi connectivity index (χ2n) is 4.41. The van der Waals surface area contributed by atoms with Crippen LogP contribution in [-0.2, 0) is 6.42 Å². The molecule has 3 heteroatoms. The highest BCUT2D eigenvalue weighted by atomic mass is 15.0. The van der Waals surface area contributed by atoms with Gasteiger partial charge in [-0.05, 0) is 24.9 Å². The molecule has 0 aliphatic rings. The molecule has 2 aromatic heterocycles. The van der Waals surface area contributed by atoms with E-state index < -0.39 is 0 Å². The molecule has 0 spiro atoms. The van der Waals surface area contributed by atoms with Crippen molar-refractivity contribution in [2.45, 2.75) is 13.3 Å². The Balaban J connectivity index is 2.31. The zero-order chi connectivity index (χ0) is 11.8. The Morgan fingerprint density at radius 3 is 3.00 bits per heavy atom. The lowest BCUT2D eigenvalue weighted by Crippen LogP contribution is -2.02. The molecule has 0 aliphatic heterocycles. The van der Waals surface area contributed by atoms with Crippen LogP contribution in [0.1, 0.15) is 11.3 Å². The molecule has 2 heterocycles. The number of hydrogen-bond acceptors (Lipinski definition) is 2. The average molecular weight is 225 g/mol. The van der Waals surface area contributed by atoms with Gasteiger partial charge in [-0.15, -0.1) is 0 Å². The van der Waals surface area contributed by atoms with E-state index in [-0.39, 0.29) is 0 Å². The van der Waals surface area contributed by atoms with Crippen molar-refractivity contribution in [3.05, 3.63) is 47.9 Å². The Morgan fingerprint density at radius 2 is 2.18 bits per heavy atom. The Bertz CT molecular complexity index is 682. The van der Waals surface area contributed by atoms with E-state index in [1.54, 1.807) is 0 Å². The summed E-state index contributed by atoms with van der Waals surface area (Å²) >= 11 is 0. The predicted octanol–water partition coefficient (Wildman–Crippen LogP) is 2.30. The first-order valence-corrected chi connectivity index (χ1v) is 5.85. The number of imidazole rings is 1. The lowest BCUT2D eigenvalue weighted by molar-refractivity contribution is 0.937. The monoisotopic (exact) mass is 225 g/mol. The summed E-state index contributed by atoms with van der Waals surface area (Å²) in [7, 11) is 0. The molecule has 0 amide bonds. The fourth-order valence-corrected chi connectivity index (χ4v) is 2.21. The third kappa shape index (κ3) is 1.68. The first-order valence-electron chi connectivity index (χ1n) is 5.85. The lowest BCUT2D eigenvalue weighted by Gasteiger charge is -2.01. The molecule has 2 N–H and O–H groups in total. The van der Waals surface area contributed by atoms with Crippen LogP contribution in [0, 0.1) is 6.92 Å². The van der Waals surface area contributed by atoms with Crippen molar-refractivity contribution < 1.29 is 0 Å². The molecule has 0 saturated heterocycles. The first kappa shape index (κ1) is 10.3. The molecule has 0 fully saturated rings. The molecule has 3 aromatic rings. The molecule has 0 unspecified atom stereocenters. The largest absolute Gasteiger partial charge is 0.330 e. The Hall–Kier alpha value is -1.87. The van der Waals surface area contributed by atoms with E-state index in [2.05, 4.69) is 53.0 Å². The summed E-state index contributed by atoms with van der Waals surface area (Å²) in [4.78, 5) is 4.64. The van der Waals surface area contributed by atoms with E-state index in [0.29, 0.717) is 6.54 Å². The van der Waals surface area contributed by atoms with Gasteiger partial charge in [0.05, 0.1) is 5.69 Å². The lowest BCUT2D eigenvalue weighted by atomic mass is 10.1. The zero-order valence-electron chi connectivity index (χ0n) is 9.85. The van der Waals surface area contributed by atoms with Gasteiger partial charge in [0.25, 0.3) is 0 Å². The van der Waals surface area contributed by atoms with Crippen molar-refractivity contribution in [3.8, 4) is 0 Å². The molecule has 3 nitrogen and oxygen atoms in total. The van der Waals surface area contributed by atoms with Gasteiger partial charge in [-0.2, -0.15) is 0 Å². The van der Waals surface area contributed by atoms with E-state index in [1.807, 2.05) is 0 Å². The van der Waals surface area contributed by atoms with Gasteiger partial charge in [0.2, 0.25) is 0 Å². The molecule has 0 atom stereocenters. The average Bonchev–Trinajstić information content (AvgIpc) is 2.72. The molecular weight excluding hydrogens is 210 g/mol. The summed E-state index contributed by atoms with van der Waals surface area (Å²) in [6.45, 7) is 2.75. The number of fused-ring (bicyclic) bond motifs is 3. The minimum Gasteiger partial charge on any atom is -0.330 e. The highest BCUT2D eigenvalue weighted by molar-refractivity contribution is 5.94. The van der Waals surface area contributed by atoms with Gasteiger partial charge < -0.3 is 10.1 Å². The van der Waals surface area contributed by atoms with Crippen molar-refractivity contribution in [1.29, 1.82) is 0 Å². The number of pyridine rings is 1. The molecule has 0 radical (unpaired) electrons. The number of benzene rings is 1. The van der Waals surface area contributed by atoms with E-state index in [4.69, 9.17) is 5.73 Å².